The van der Waals surface area contributed by atoms with Crippen LogP contribution in [0.4, 0.5) is 13.2 Å². The summed E-state index contributed by atoms with van der Waals surface area (Å²) in [6.07, 6.45) is -3.07. The molecule has 1 aromatic carbocycles. The van der Waals surface area contributed by atoms with Gasteiger partial charge in [0, 0.05) is 10.6 Å². The van der Waals surface area contributed by atoms with Crippen LogP contribution in [-0.4, -0.2) is 23.4 Å². The Bertz CT molecular complexity index is 638. The lowest BCUT2D eigenvalue weighted by atomic mass is 9.96. The second kappa shape index (κ2) is 6.83. The van der Waals surface area contributed by atoms with Gasteiger partial charge in [-0.3, -0.25) is 0 Å². The maximum Gasteiger partial charge on any atom is 0.430 e. The lowest BCUT2D eigenvalue weighted by Gasteiger charge is -2.28. The molecule has 0 aliphatic carbocycles. The average Bonchev–Trinajstić information content (AvgIpc) is 2.44. The highest BCUT2D eigenvalue weighted by Gasteiger charge is 2.48. The fourth-order valence-corrected chi connectivity index (χ4v) is 2.77. The molecule has 0 bridgehead atoms. The van der Waals surface area contributed by atoms with E-state index in [1.54, 1.807) is 6.07 Å². The van der Waals surface area contributed by atoms with Gasteiger partial charge in [0.25, 0.3) is 0 Å². The van der Waals surface area contributed by atoms with E-state index in [0.29, 0.717) is 17.0 Å². The molecule has 1 aliphatic rings. The van der Waals surface area contributed by atoms with E-state index in [9.17, 15) is 18.0 Å². The third-order valence-electron chi connectivity index (χ3n) is 3.58. The Morgan fingerprint density at radius 2 is 2.04 bits per heavy atom. The minimum atomic E-state index is -4.80. The van der Waals surface area contributed by atoms with Crippen molar-refractivity contribution in [3.8, 4) is 5.75 Å². The van der Waals surface area contributed by atoms with Crippen LogP contribution in [0.25, 0.3) is 6.08 Å². The summed E-state index contributed by atoms with van der Waals surface area (Å²) in [4.78, 5) is 11.1. The summed E-state index contributed by atoms with van der Waals surface area (Å²) in [6.45, 7) is 2.02. The lowest BCUT2D eigenvalue weighted by molar-refractivity contribution is -0.187. The average molecular weight is 349 g/mol. The Hall–Kier alpha value is -1.69. The summed E-state index contributed by atoms with van der Waals surface area (Å²) in [7, 11) is 0. The molecule has 1 atom stereocenters. The minimum Gasteiger partial charge on any atom is -0.478 e. The number of carboxylic acids is 1. The third-order valence-corrected chi connectivity index (χ3v) is 3.80. The monoisotopic (exact) mass is 348 g/mol. The molecular weight excluding hydrogens is 333 g/mol. The van der Waals surface area contributed by atoms with Crippen LogP contribution in [0, 0.1) is 0 Å². The molecule has 23 heavy (non-hydrogen) atoms. The minimum absolute atomic E-state index is 0.0674. The molecule has 0 aromatic heterocycles. The number of hydrogen-bond donors (Lipinski definition) is 1. The van der Waals surface area contributed by atoms with Crippen molar-refractivity contribution in [2.24, 2.45) is 0 Å². The molecule has 7 heteroatoms. The van der Waals surface area contributed by atoms with Gasteiger partial charge in [0.2, 0.25) is 6.10 Å². The molecule has 2 rings (SSSR count). The maximum atomic E-state index is 13.1. The van der Waals surface area contributed by atoms with Crippen molar-refractivity contribution in [3.05, 3.63) is 33.9 Å². The van der Waals surface area contributed by atoms with Crippen molar-refractivity contribution in [1.29, 1.82) is 0 Å². The van der Waals surface area contributed by atoms with Crippen molar-refractivity contribution in [2.75, 3.05) is 0 Å². The van der Waals surface area contributed by atoms with Gasteiger partial charge in [0.1, 0.15) is 5.75 Å². The first-order valence-electron chi connectivity index (χ1n) is 7.24. The molecule has 0 fully saturated rings. The van der Waals surface area contributed by atoms with Crippen molar-refractivity contribution in [1.82, 2.24) is 0 Å². The zero-order chi connectivity index (χ0) is 17.2. The predicted octanol–water partition coefficient (Wildman–Crippen LogP) is 4.86. The maximum absolute atomic E-state index is 13.1. The van der Waals surface area contributed by atoms with E-state index >= 15 is 0 Å². The van der Waals surface area contributed by atoms with Gasteiger partial charge in [0.05, 0.1) is 5.57 Å². The van der Waals surface area contributed by atoms with Crippen LogP contribution < -0.4 is 4.74 Å². The zero-order valence-corrected chi connectivity index (χ0v) is 13.2. The Balaban J connectivity index is 2.47. The number of aryl methyl sites for hydroxylation is 1. The molecular formula is C16H16ClF3O3. The lowest BCUT2D eigenvalue weighted by Crippen LogP contribution is -2.40. The van der Waals surface area contributed by atoms with Gasteiger partial charge in [-0.2, -0.15) is 13.2 Å². The van der Waals surface area contributed by atoms with Crippen molar-refractivity contribution in [2.45, 2.75) is 44.9 Å². The van der Waals surface area contributed by atoms with Gasteiger partial charge in [-0.15, -0.1) is 0 Å². The van der Waals surface area contributed by atoms with Gasteiger partial charge in [-0.25, -0.2) is 4.79 Å². The van der Waals surface area contributed by atoms with E-state index < -0.39 is 23.8 Å². The number of unbranched alkanes of at least 4 members (excludes halogenated alkanes) is 2. The Labute approximate surface area is 136 Å². The highest BCUT2D eigenvalue weighted by atomic mass is 35.5. The third kappa shape index (κ3) is 3.99. The standard InChI is InChI=1S/C16H16ClF3O3/c1-2-3-4-5-9-6-11(17)7-10-8-12(15(21)22)14(16(18,19)20)23-13(9)10/h6-8,14H,2-5H2,1H3,(H,21,22). The Morgan fingerprint density at radius 1 is 1.35 bits per heavy atom. The van der Waals surface area contributed by atoms with Gasteiger partial charge in [-0.05, 0) is 36.6 Å². The summed E-state index contributed by atoms with van der Waals surface area (Å²) in [5.74, 6) is -1.59. The number of fused-ring (bicyclic) bond motifs is 1. The van der Waals surface area contributed by atoms with E-state index in [1.165, 1.54) is 6.07 Å². The van der Waals surface area contributed by atoms with Crippen LogP contribution in [0.15, 0.2) is 17.7 Å². The highest BCUT2D eigenvalue weighted by molar-refractivity contribution is 6.30. The van der Waals surface area contributed by atoms with Gasteiger partial charge < -0.3 is 9.84 Å². The normalized spacial score (nSPS) is 17.3. The zero-order valence-electron chi connectivity index (χ0n) is 12.4. The number of rotatable bonds is 5. The summed E-state index contributed by atoms with van der Waals surface area (Å²) >= 11 is 5.99. The van der Waals surface area contributed by atoms with E-state index in [-0.39, 0.29) is 11.3 Å². The van der Waals surface area contributed by atoms with E-state index in [4.69, 9.17) is 21.4 Å². The van der Waals surface area contributed by atoms with Crippen LogP contribution in [0.2, 0.25) is 5.02 Å². The Kier molecular flexibility index (Phi) is 5.24. The van der Waals surface area contributed by atoms with E-state index in [0.717, 1.165) is 25.3 Å². The van der Waals surface area contributed by atoms with E-state index in [1.807, 2.05) is 6.92 Å². The van der Waals surface area contributed by atoms with Crippen molar-refractivity contribution in [3.63, 3.8) is 0 Å². The quantitative estimate of drug-likeness (QED) is 0.773. The second-order valence-corrected chi connectivity index (χ2v) is 5.82. The molecule has 3 nitrogen and oxygen atoms in total. The fraction of sp³-hybridized carbons (Fsp3) is 0.438. The van der Waals surface area contributed by atoms with Gasteiger partial charge >= 0.3 is 12.1 Å². The fourth-order valence-electron chi connectivity index (χ4n) is 2.52. The van der Waals surface area contributed by atoms with Crippen molar-refractivity contribution >= 4 is 23.6 Å². The van der Waals surface area contributed by atoms with Gasteiger partial charge in [0.15, 0.2) is 0 Å². The number of aliphatic carboxylic acids is 1. The van der Waals surface area contributed by atoms with Crippen LogP contribution in [-0.2, 0) is 11.2 Å². The number of benzene rings is 1. The largest absolute Gasteiger partial charge is 0.478 e. The summed E-state index contributed by atoms with van der Waals surface area (Å²) in [5, 5.41) is 9.37. The highest BCUT2D eigenvalue weighted by Crippen LogP contribution is 2.40. The number of ether oxygens (including phenoxy) is 1. The molecule has 1 aromatic rings. The van der Waals surface area contributed by atoms with Crippen LogP contribution >= 0.6 is 11.6 Å². The summed E-state index contributed by atoms with van der Waals surface area (Å²) in [6, 6.07) is 2.98. The number of halogens is 4. The molecule has 0 amide bonds. The smallest absolute Gasteiger partial charge is 0.430 e. The number of carbonyl (C=O) groups is 1. The number of carboxylic acid groups (broad SMARTS) is 1. The van der Waals surface area contributed by atoms with Crippen LogP contribution in [0.5, 0.6) is 5.75 Å². The molecule has 0 saturated heterocycles. The molecule has 1 heterocycles. The number of alkyl halides is 3. The first-order valence-corrected chi connectivity index (χ1v) is 7.62. The van der Waals surface area contributed by atoms with Crippen LogP contribution in [0.3, 0.4) is 0 Å². The SMILES string of the molecule is CCCCCc1cc(Cl)cc2c1OC(C(F)(F)F)C(C(=O)O)=C2. The van der Waals surface area contributed by atoms with Crippen LogP contribution in [0.1, 0.15) is 37.3 Å². The molecule has 1 unspecified atom stereocenters. The molecule has 0 saturated carbocycles. The number of hydrogen-bond acceptors (Lipinski definition) is 2. The first kappa shape index (κ1) is 17.7. The topological polar surface area (TPSA) is 46.5 Å². The molecule has 126 valence electrons. The molecule has 0 radical (unpaired) electrons. The molecule has 1 aliphatic heterocycles. The molecule has 1 N–H and O–H groups in total. The predicted molar refractivity (Wildman–Crippen MR) is 80.8 cm³/mol. The summed E-state index contributed by atoms with van der Waals surface area (Å²) in [5.41, 5.74) is -0.00966. The van der Waals surface area contributed by atoms with Crippen molar-refractivity contribution < 1.29 is 27.8 Å². The first-order chi connectivity index (χ1) is 10.7. The van der Waals surface area contributed by atoms with E-state index in [2.05, 4.69) is 0 Å². The second-order valence-electron chi connectivity index (χ2n) is 5.38. The molecule has 0 spiro atoms. The Morgan fingerprint density at radius 3 is 2.61 bits per heavy atom. The summed E-state index contributed by atoms with van der Waals surface area (Å²) < 4.78 is 44.4. The van der Waals surface area contributed by atoms with Gasteiger partial charge in [-0.1, -0.05) is 31.4 Å².